The zero-order valence-electron chi connectivity index (χ0n) is 43.1. The Morgan fingerprint density at radius 1 is 0.467 bits per heavy atom. The molecule has 432 valence electrons. The van der Waals surface area contributed by atoms with Crippen LogP contribution >= 0.6 is 0 Å². The molecule has 1 spiro atoms. The first-order valence-electron chi connectivity index (χ1n) is 27.4. The second kappa shape index (κ2) is 22.1. The molecule has 24 heteroatoms. The molecule has 0 radical (unpaired) electrons. The van der Waals surface area contributed by atoms with Gasteiger partial charge in [-0.05, 0) is 97.7 Å². The van der Waals surface area contributed by atoms with Crippen molar-refractivity contribution in [2.45, 2.75) is 232 Å². The molecule has 10 rings (SSSR count). The summed E-state index contributed by atoms with van der Waals surface area (Å²) in [5.74, 6) is 1.64. The lowest BCUT2D eigenvalue weighted by molar-refractivity contribution is -0.406. The number of fused-ring (bicyclic) bond motifs is 7. The minimum absolute atomic E-state index is 0.0667. The van der Waals surface area contributed by atoms with E-state index in [4.69, 9.17) is 47.4 Å². The van der Waals surface area contributed by atoms with Crippen LogP contribution in [-0.2, 0) is 47.4 Å². The van der Waals surface area contributed by atoms with E-state index < -0.39 is 167 Å². The van der Waals surface area contributed by atoms with Gasteiger partial charge in [-0.1, -0.05) is 27.7 Å². The maximum absolute atomic E-state index is 12.1. The van der Waals surface area contributed by atoms with Gasteiger partial charge in [-0.3, -0.25) is 0 Å². The summed E-state index contributed by atoms with van der Waals surface area (Å²) in [6, 6.07) is 0. The number of rotatable bonds is 12. The standard InChI is InChI=1S/C51H84O24/c1-19-5-10-51(66-18-19)20(2)32-27(75-51)13-24-22-12-26(56)25-11-21(6-8-49(25,3)23(22)7-9-50(24,32)4)67-45-41(65)38(62)42(31(17-55)71-45)72-48-44(74-47-40(64)37(61)34(58)29(15-53)69-47)43(35(59)30(16-54)70-48)73-46-39(63)36(60)33(57)28(14-52)68-46/h19-48,52-65H,5-18H2,1-4H3/t19?,20?,21?,22?,23?,24?,25?,26?,27?,28-,29-,30-,31-,32?,33-,34-,35-,36+,37+,38-,39-,40-,41-,42+,43+,44-,45-,46+,47+,48+,49?,50?,51?/m1/s1. The van der Waals surface area contributed by atoms with Crippen LogP contribution in [0.15, 0.2) is 0 Å². The van der Waals surface area contributed by atoms with Crippen LogP contribution in [0.1, 0.15) is 85.5 Å². The van der Waals surface area contributed by atoms with Gasteiger partial charge < -0.3 is 119 Å². The summed E-state index contributed by atoms with van der Waals surface area (Å²) in [6.45, 7) is 6.54. The fraction of sp³-hybridized carbons (Fsp3) is 1.00. The molecule has 75 heavy (non-hydrogen) atoms. The molecule has 4 saturated carbocycles. The first kappa shape index (κ1) is 57.3. The fourth-order valence-electron chi connectivity index (χ4n) is 16.2. The molecule has 14 N–H and O–H groups in total. The van der Waals surface area contributed by atoms with Crippen molar-refractivity contribution in [2.75, 3.05) is 33.0 Å². The van der Waals surface area contributed by atoms with Crippen LogP contribution in [0.4, 0.5) is 0 Å². The van der Waals surface area contributed by atoms with Crippen LogP contribution in [0.3, 0.4) is 0 Å². The average molecular weight is 1080 g/mol. The molecule has 33 atom stereocenters. The third-order valence-electron chi connectivity index (χ3n) is 20.4. The second-order valence-electron chi connectivity index (χ2n) is 24.5. The molecule has 0 amide bonds. The summed E-state index contributed by atoms with van der Waals surface area (Å²) in [6.07, 6.45) is -29.9. The molecular weight excluding hydrogens is 997 g/mol. The van der Waals surface area contributed by atoms with E-state index in [-0.39, 0.29) is 28.8 Å². The normalized spacial score (nSPS) is 58.0. The van der Waals surface area contributed by atoms with Crippen LogP contribution in [-0.4, -0.2) is 251 Å². The lowest BCUT2D eigenvalue weighted by Gasteiger charge is -2.62. The number of aliphatic hydroxyl groups is 14. The van der Waals surface area contributed by atoms with Crippen LogP contribution in [0.2, 0.25) is 0 Å². The maximum atomic E-state index is 12.1. The lowest BCUT2D eigenvalue weighted by atomic mass is 9.43. The predicted molar refractivity (Wildman–Crippen MR) is 250 cm³/mol. The zero-order valence-corrected chi connectivity index (χ0v) is 43.1. The van der Waals surface area contributed by atoms with Crippen molar-refractivity contribution >= 4 is 0 Å². The van der Waals surface area contributed by atoms with Gasteiger partial charge in [0.05, 0.1) is 51.3 Å². The molecule has 0 aromatic heterocycles. The monoisotopic (exact) mass is 1080 g/mol. The fourth-order valence-corrected chi connectivity index (χ4v) is 16.2. The van der Waals surface area contributed by atoms with E-state index in [1.54, 1.807) is 0 Å². The Hall–Kier alpha value is -0.960. The van der Waals surface area contributed by atoms with Gasteiger partial charge in [0.15, 0.2) is 30.9 Å². The Bertz CT molecular complexity index is 1910. The zero-order chi connectivity index (χ0) is 53.8. The Morgan fingerprint density at radius 3 is 1.60 bits per heavy atom. The quantitative estimate of drug-likeness (QED) is 0.0830. The topological polar surface area (TPSA) is 376 Å². The van der Waals surface area contributed by atoms with Gasteiger partial charge in [-0.25, -0.2) is 0 Å². The van der Waals surface area contributed by atoms with E-state index in [2.05, 4.69) is 27.7 Å². The van der Waals surface area contributed by atoms with E-state index >= 15 is 0 Å². The third kappa shape index (κ3) is 9.79. The number of hydrogen-bond acceptors (Lipinski definition) is 24. The van der Waals surface area contributed by atoms with Gasteiger partial charge in [0.25, 0.3) is 0 Å². The molecule has 6 saturated heterocycles. The Morgan fingerprint density at radius 2 is 1.00 bits per heavy atom. The second-order valence-corrected chi connectivity index (χ2v) is 24.5. The summed E-state index contributed by atoms with van der Waals surface area (Å²) in [7, 11) is 0. The average Bonchev–Trinajstić information content (AvgIpc) is 3.85. The highest BCUT2D eigenvalue weighted by Crippen LogP contribution is 2.71. The predicted octanol–water partition coefficient (Wildman–Crippen LogP) is -3.94. The van der Waals surface area contributed by atoms with E-state index in [0.717, 1.165) is 45.1 Å². The molecule has 24 nitrogen and oxygen atoms in total. The molecule has 10 aliphatic rings. The van der Waals surface area contributed by atoms with Gasteiger partial charge in [-0.15, -0.1) is 0 Å². The third-order valence-corrected chi connectivity index (χ3v) is 20.4. The Kier molecular flexibility index (Phi) is 16.9. The van der Waals surface area contributed by atoms with Gasteiger partial charge in [0.1, 0.15) is 97.7 Å². The van der Waals surface area contributed by atoms with Gasteiger partial charge >= 0.3 is 0 Å². The summed E-state index contributed by atoms with van der Waals surface area (Å²) in [4.78, 5) is 0. The van der Waals surface area contributed by atoms with Crippen LogP contribution < -0.4 is 0 Å². The smallest absolute Gasteiger partial charge is 0.187 e. The van der Waals surface area contributed by atoms with Crippen LogP contribution in [0.25, 0.3) is 0 Å². The summed E-state index contributed by atoms with van der Waals surface area (Å²) in [5.41, 5.74) is -0.133. The van der Waals surface area contributed by atoms with Crippen LogP contribution in [0.5, 0.6) is 0 Å². The molecule has 13 unspecified atom stereocenters. The highest BCUT2D eigenvalue weighted by molar-refractivity contribution is 5.16. The molecule has 0 bridgehead atoms. The first-order valence-corrected chi connectivity index (χ1v) is 27.4. The summed E-state index contributed by atoms with van der Waals surface area (Å²) >= 11 is 0. The number of hydrogen-bond donors (Lipinski definition) is 14. The molecule has 6 heterocycles. The lowest BCUT2D eigenvalue weighted by Crippen LogP contribution is -2.68. The van der Waals surface area contributed by atoms with Crippen molar-refractivity contribution in [2.24, 2.45) is 52.3 Å². The molecule has 0 aromatic carbocycles. The minimum atomic E-state index is -2.05. The molecule has 6 aliphatic heterocycles. The molecule has 0 aromatic rings. The largest absolute Gasteiger partial charge is 0.394 e. The van der Waals surface area contributed by atoms with Gasteiger partial charge in [-0.2, -0.15) is 0 Å². The van der Waals surface area contributed by atoms with E-state index in [1.807, 2.05) is 0 Å². The number of ether oxygens (including phenoxy) is 10. The molecular formula is C51H84O24. The summed E-state index contributed by atoms with van der Waals surface area (Å²) in [5, 5.41) is 152. The molecule has 4 aliphatic carbocycles. The van der Waals surface area contributed by atoms with Crippen molar-refractivity contribution < 1.29 is 119 Å². The van der Waals surface area contributed by atoms with E-state index in [1.165, 1.54) is 0 Å². The van der Waals surface area contributed by atoms with Gasteiger partial charge in [0.2, 0.25) is 0 Å². The van der Waals surface area contributed by atoms with E-state index in [9.17, 15) is 71.5 Å². The Balaban J connectivity index is 0.829. The first-order chi connectivity index (χ1) is 35.6. The highest BCUT2D eigenvalue weighted by atomic mass is 16.8. The molecule has 10 fully saturated rings. The van der Waals surface area contributed by atoms with Gasteiger partial charge in [0, 0.05) is 12.3 Å². The van der Waals surface area contributed by atoms with Crippen molar-refractivity contribution in [1.29, 1.82) is 0 Å². The minimum Gasteiger partial charge on any atom is -0.394 e. The van der Waals surface area contributed by atoms with Crippen molar-refractivity contribution in [3.8, 4) is 0 Å². The van der Waals surface area contributed by atoms with Crippen molar-refractivity contribution in [3.05, 3.63) is 0 Å². The van der Waals surface area contributed by atoms with Crippen LogP contribution in [0, 0.1) is 52.3 Å². The maximum Gasteiger partial charge on any atom is 0.187 e. The SMILES string of the molecule is CC1CCC2(OC1)OC1CC3C4CC(O)C5CC(O[C@@H]6O[C@H](CO)[C@H](O[C@@H]7O[C@H](CO)[C@@H](O)[C@H](O[C@@H]8O[C@H](CO)[C@@H](O)[C@H](O)[C@H]8O)[C@H]7O[C@@H]7O[C@H](CO)[C@@H](O)[C@H](O)[C@H]7O)[C@H](O)[C@H]6O)CCC5(C)C4CCC3(C)C1C2C. The van der Waals surface area contributed by atoms with Crippen molar-refractivity contribution in [3.63, 3.8) is 0 Å². The Labute approximate surface area is 435 Å². The van der Waals surface area contributed by atoms with Crippen molar-refractivity contribution in [1.82, 2.24) is 0 Å². The van der Waals surface area contributed by atoms with E-state index in [0.29, 0.717) is 48.9 Å². The number of aliphatic hydroxyl groups excluding tert-OH is 14. The summed E-state index contributed by atoms with van der Waals surface area (Å²) < 4.78 is 61.3. The highest BCUT2D eigenvalue weighted by Gasteiger charge is 2.70.